The monoisotopic (exact) mass is 270 g/mol. The molecule has 0 bridgehead atoms. The van der Waals surface area contributed by atoms with Gasteiger partial charge in [0, 0.05) is 5.56 Å². The summed E-state index contributed by atoms with van der Waals surface area (Å²) in [7, 11) is 0. The first kappa shape index (κ1) is 12.9. The maximum Gasteiger partial charge on any atom is 0.0842 e. The van der Waals surface area contributed by atoms with Gasteiger partial charge in [0.1, 0.15) is 0 Å². The summed E-state index contributed by atoms with van der Waals surface area (Å²) in [6, 6.07) is 5.39. The van der Waals surface area contributed by atoms with Gasteiger partial charge in [0.15, 0.2) is 0 Å². The van der Waals surface area contributed by atoms with Crippen LogP contribution in [0.2, 0.25) is 10.0 Å². The van der Waals surface area contributed by atoms with Crippen molar-refractivity contribution in [2.45, 2.75) is 38.2 Å². The summed E-state index contributed by atoms with van der Waals surface area (Å²) in [5.41, 5.74) is 2.06. The molecule has 1 aliphatic rings. The van der Waals surface area contributed by atoms with Crippen molar-refractivity contribution in [3.8, 4) is 0 Å². The molecule has 0 fully saturated rings. The number of rotatable bonds is 3. The Balaban J connectivity index is 2.11. The quantitative estimate of drug-likeness (QED) is 0.774. The van der Waals surface area contributed by atoms with Crippen LogP contribution < -0.4 is 0 Å². The lowest BCUT2D eigenvalue weighted by Crippen LogP contribution is -2.02. The highest BCUT2D eigenvalue weighted by Crippen LogP contribution is 2.34. The largest absolute Gasteiger partial charge is 0.388 e. The summed E-state index contributed by atoms with van der Waals surface area (Å²) < 4.78 is 0. The smallest absolute Gasteiger partial charge is 0.0842 e. The minimum Gasteiger partial charge on any atom is -0.388 e. The van der Waals surface area contributed by atoms with E-state index >= 15 is 0 Å². The number of allylic oxidation sites excluding steroid dienone is 1. The van der Waals surface area contributed by atoms with Gasteiger partial charge >= 0.3 is 0 Å². The van der Waals surface area contributed by atoms with Crippen LogP contribution in [0.3, 0.4) is 0 Å². The second kappa shape index (κ2) is 5.90. The Labute approximate surface area is 112 Å². The number of halogens is 2. The Morgan fingerprint density at radius 1 is 1.24 bits per heavy atom. The molecule has 0 heterocycles. The number of hydrogen-bond acceptors (Lipinski definition) is 1. The summed E-state index contributed by atoms with van der Waals surface area (Å²) in [5.74, 6) is 0. The van der Waals surface area contributed by atoms with Crippen molar-refractivity contribution < 1.29 is 5.11 Å². The van der Waals surface area contributed by atoms with Gasteiger partial charge in [-0.1, -0.05) is 47.0 Å². The van der Waals surface area contributed by atoms with Gasteiger partial charge in [-0.25, -0.2) is 0 Å². The van der Waals surface area contributed by atoms with Crippen molar-refractivity contribution in [2.24, 2.45) is 0 Å². The summed E-state index contributed by atoms with van der Waals surface area (Å²) in [5, 5.41) is 11.2. The highest BCUT2D eigenvalue weighted by atomic mass is 35.5. The zero-order valence-corrected chi connectivity index (χ0v) is 11.1. The highest BCUT2D eigenvalue weighted by molar-refractivity contribution is 6.42. The first-order valence-electron chi connectivity index (χ1n) is 5.98. The van der Waals surface area contributed by atoms with Crippen molar-refractivity contribution in [1.29, 1.82) is 0 Å². The maximum atomic E-state index is 10.2. The van der Waals surface area contributed by atoms with Gasteiger partial charge in [0.05, 0.1) is 16.1 Å². The van der Waals surface area contributed by atoms with Gasteiger partial charge in [0.25, 0.3) is 0 Å². The van der Waals surface area contributed by atoms with E-state index in [-0.39, 0.29) is 0 Å². The lowest BCUT2D eigenvalue weighted by atomic mass is 9.93. The fourth-order valence-electron chi connectivity index (χ4n) is 2.23. The molecule has 1 N–H and O–H groups in total. The molecule has 1 unspecified atom stereocenters. The lowest BCUT2D eigenvalue weighted by Gasteiger charge is -2.18. The first-order valence-corrected chi connectivity index (χ1v) is 6.74. The Morgan fingerprint density at radius 3 is 2.76 bits per heavy atom. The van der Waals surface area contributed by atoms with Crippen LogP contribution >= 0.6 is 23.2 Å². The Hall–Kier alpha value is -0.500. The van der Waals surface area contributed by atoms with E-state index in [1.807, 2.05) is 12.1 Å². The highest BCUT2D eigenvalue weighted by Gasteiger charge is 2.16. The fourth-order valence-corrected chi connectivity index (χ4v) is 2.66. The van der Waals surface area contributed by atoms with Crippen LogP contribution in [0.4, 0.5) is 0 Å². The molecule has 3 heteroatoms. The van der Waals surface area contributed by atoms with Gasteiger partial charge in [-0.3, -0.25) is 0 Å². The summed E-state index contributed by atoms with van der Waals surface area (Å²) >= 11 is 12.0. The first-order chi connectivity index (χ1) is 8.18. The average molecular weight is 271 g/mol. The summed E-state index contributed by atoms with van der Waals surface area (Å²) in [6.07, 6.45) is 7.07. The third kappa shape index (κ3) is 3.25. The van der Waals surface area contributed by atoms with E-state index in [1.54, 1.807) is 6.07 Å². The van der Waals surface area contributed by atoms with Crippen molar-refractivity contribution in [3.05, 3.63) is 45.5 Å². The molecule has 1 aliphatic carbocycles. The zero-order chi connectivity index (χ0) is 12.3. The van der Waals surface area contributed by atoms with Gasteiger partial charge < -0.3 is 5.11 Å². The molecule has 0 aliphatic heterocycles. The van der Waals surface area contributed by atoms with Gasteiger partial charge in [0.2, 0.25) is 0 Å². The Morgan fingerprint density at radius 2 is 2.06 bits per heavy atom. The predicted molar refractivity (Wildman–Crippen MR) is 72.6 cm³/mol. The molecule has 1 atom stereocenters. The van der Waals surface area contributed by atoms with Crippen molar-refractivity contribution in [1.82, 2.24) is 0 Å². The molecular weight excluding hydrogens is 255 g/mol. The third-order valence-corrected chi connectivity index (χ3v) is 4.01. The summed E-state index contributed by atoms with van der Waals surface area (Å²) in [6.45, 7) is 0. The topological polar surface area (TPSA) is 20.2 Å². The minimum atomic E-state index is -0.550. The van der Waals surface area contributed by atoms with E-state index in [2.05, 4.69) is 6.08 Å². The zero-order valence-electron chi connectivity index (χ0n) is 9.63. The molecule has 17 heavy (non-hydrogen) atoms. The Kier molecular flexibility index (Phi) is 4.49. The van der Waals surface area contributed by atoms with E-state index in [4.69, 9.17) is 23.2 Å². The third-order valence-electron chi connectivity index (χ3n) is 3.18. The van der Waals surface area contributed by atoms with E-state index in [9.17, 15) is 5.11 Å². The SMILES string of the molecule is OC(CC1=CCCCC1)c1cccc(Cl)c1Cl. The van der Waals surface area contributed by atoms with Crippen molar-refractivity contribution >= 4 is 23.2 Å². The molecular formula is C14H16Cl2O. The van der Waals surface area contributed by atoms with E-state index in [1.165, 1.54) is 18.4 Å². The molecule has 0 saturated heterocycles. The number of hydrogen-bond donors (Lipinski definition) is 1. The molecule has 1 nitrogen and oxygen atoms in total. The number of aliphatic hydroxyl groups excluding tert-OH is 1. The van der Waals surface area contributed by atoms with E-state index in [0.29, 0.717) is 16.5 Å². The van der Waals surface area contributed by atoms with Crippen molar-refractivity contribution in [2.75, 3.05) is 0 Å². The molecule has 2 rings (SSSR count). The molecule has 0 saturated carbocycles. The molecule has 0 spiro atoms. The fraction of sp³-hybridized carbons (Fsp3) is 0.429. The van der Waals surface area contributed by atoms with Gasteiger partial charge in [-0.15, -0.1) is 0 Å². The van der Waals surface area contributed by atoms with Crippen molar-refractivity contribution in [3.63, 3.8) is 0 Å². The Bertz CT molecular complexity index is 426. The van der Waals surface area contributed by atoms with Crippen LogP contribution in [0.5, 0.6) is 0 Å². The van der Waals surface area contributed by atoms with Crippen LogP contribution in [0.25, 0.3) is 0 Å². The molecule has 0 radical (unpaired) electrons. The summed E-state index contributed by atoms with van der Waals surface area (Å²) in [4.78, 5) is 0. The van der Waals surface area contributed by atoms with E-state index < -0.39 is 6.10 Å². The standard InChI is InChI=1S/C14H16Cl2O/c15-12-8-4-7-11(14(12)16)13(17)9-10-5-2-1-3-6-10/h4-5,7-8,13,17H,1-3,6,9H2. The van der Waals surface area contributed by atoms with E-state index in [0.717, 1.165) is 18.4 Å². The predicted octanol–water partition coefficient (Wildman–Crippen LogP) is 4.92. The second-order valence-electron chi connectivity index (χ2n) is 4.47. The lowest BCUT2D eigenvalue weighted by molar-refractivity contribution is 0.176. The maximum absolute atomic E-state index is 10.2. The van der Waals surface area contributed by atoms with Crippen LogP contribution in [-0.4, -0.2) is 5.11 Å². The molecule has 92 valence electrons. The molecule has 1 aromatic rings. The van der Waals surface area contributed by atoms with Gasteiger partial charge in [-0.2, -0.15) is 0 Å². The minimum absolute atomic E-state index is 0.470. The number of aliphatic hydroxyl groups is 1. The molecule has 0 aromatic heterocycles. The van der Waals surface area contributed by atoms with Crippen LogP contribution in [-0.2, 0) is 0 Å². The van der Waals surface area contributed by atoms with Gasteiger partial charge in [-0.05, 0) is 38.2 Å². The van der Waals surface area contributed by atoms with Crippen LogP contribution in [0.1, 0.15) is 43.8 Å². The van der Waals surface area contributed by atoms with Crippen LogP contribution in [0.15, 0.2) is 29.8 Å². The average Bonchev–Trinajstić information content (AvgIpc) is 2.34. The normalized spacial score (nSPS) is 17.7. The number of benzene rings is 1. The second-order valence-corrected chi connectivity index (χ2v) is 5.26. The van der Waals surface area contributed by atoms with Crippen LogP contribution in [0, 0.1) is 0 Å². The molecule has 1 aromatic carbocycles. The molecule has 0 amide bonds.